The number of carbonyl (C=O) groups is 3. The monoisotopic (exact) mass is 612 g/mol. The van der Waals surface area contributed by atoms with Gasteiger partial charge < -0.3 is 26.4 Å². The molecule has 0 aromatic heterocycles. The van der Waals surface area contributed by atoms with E-state index in [0.29, 0.717) is 5.56 Å². The number of aliphatic hydroxyl groups is 1. The molecule has 222 valence electrons. The zero-order valence-corrected chi connectivity index (χ0v) is 25.1. The van der Waals surface area contributed by atoms with Crippen LogP contribution in [0.5, 0.6) is 0 Å². The van der Waals surface area contributed by atoms with Gasteiger partial charge in [-0.3, -0.25) is 14.4 Å². The minimum absolute atomic E-state index is 0.0309. The molecule has 5 N–H and O–H groups in total. The molecule has 0 radical (unpaired) electrons. The predicted octanol–water partition coefficient (Wildman–Crippen LogP) is 4.07. The van der Waals surface area contributed by atoms with Crippen LogP contribution in [-0.4, -0.2) is 56.5 Å². The molecular weight excluding hydrogens is 579 g/mol. The summed E-state index contributed by atoms with van der Waals surface area (Å²) in [5.41, 5.74) is 8.54. The minimum atomic E-state index is -1.75. The second-order valence-corrected chi connectivity index (χ2v) is 12.8. The molecular formula is C31H34ClFN4O4S. The van der Waals surface area contributed by atoms with E-state index in [4.69, 9.17) is 17.3 Å². The largest absolute Gasteiger partial charge is 0.398 e. The third-order valence-corrected chi connectivity index (χ3v) is 9.16. The molecule has 42 heavy (non-hydrogen) atoms. The molecule has 0 aliphatic carbocycles. The van der Waals surface area contributed by atoms with Crippen LogP contribution in [0.1, 0.15) is 40.9 Å². The molecule has 0 saturated carbocycles. The maximum absolute atomic E-state index is 14.0. The average molecular weight is 613 g/mol. The highest BCUT2D eigenvalue weighted by Gasteiger charge is 2.49. The highest BCUT2D eigenvalue weighted by Crippen LogP contribution is 2.40. The second-order valence-electron chi connectivity index (χ2n) is 10.8. The smallest absolute Gasteiger partial charge is 0.254 e. The highest BCUT2D eigenvalue weighted by molar-refractivity contribution is 8.00. The first-order valence-electron chi connectivity index (χ1n) is 13.4. The second kappa shape index (κ2) is 13.1. The summed E-state index contributed by atoms with van der Waals surface area (Å²) < 4.78 is 13.3. The van der Waals surface area contributed by atoms with Crippen LogP contribution >= 0.6 is 23.4 Å². The van der Waals surface area contributed by atoms with Crippen LogP contribution in [-0.2, 0) is 22.6 Å². The standard InChI is InChI=1S/C31H34ClFN4O4S/c1-18-8-4-5-10-20(18)16-35-29(40)27-31(2,3)42-17-37(27)30(41)26(38)24(15-19-9-6-11-21(33)14-19)36-28(39)22-12-7-13-23(34)25(22)32/h4-14,24,26-27,38H,15-17,34H2,1-3H3,(H,35,40)(H,36,39)/t24-,26-,27+/m0/s1. The van der Waals surface area contributed by atoms with Crippen LogP contribution in [0, 0.1) is 12.7 Å². The summed E-state index contributed by atoms with van der Waals surface area (Å²) in [6.45, 7) is 5.96. The number of nitrogens with one attached hydrogen (secondary N) is 2. The van der Waals surface area contributed by atoms with E-state index in [1.807, 2.05) is 45.0 Å². The molecule has 3 amide bonds. The molecule has 1 aliphatic heterocycles. The van der Waals surface area contributed by atoms with E-state index < -0.39 is 40.6 Å². The molecule has 1 saturated heterocycles. The van der Waals surface area contributed by atoms with Crippen molar-refractivity contribution in [3.8, 4) is 0 Å². The number of aryl methyl sites for hydroxylation is 1. The number of carbonyl (C=O) groups excluding carboxylic acids is 3. The first kappa shape index (κ1) is 31.3. The SMILES string of the molecule is Cc1ccccc1CNC(=O)[C@H]1N(C(=O)[C@@H](O)[C@H](Cc2cccc(F)c2)NC(=O)c2cccc(N)c2Cl)CSC1(C)C. The third-order valence-electron chi connectivity index (χ3n) is 7.36. The van der Waals surface area contributed by atoms with Crippen LogP contribution < -0.4 is 16.4 Å². The van der Waals surface area contributed by atoms with Gasteiger partial charge in [0.15, 0.2) is 6.10 Å². The van der Waals surface area contributed by atoms with Crippen molar-refractivity contribution in [3.63, 3.8) is 0 Å². The van der Waals surface area contributed by atoms with E-state index in [2.05, 4.69) is 10.6 Å². The fourth-order valence-corrected chi connectivity index (χ4v) is 6.33. The fraction of sp³-hybridized carbons (Fsp3) is 0.323. The van der Waals surface area contributed by atoms with Gasteiger partial charge >= 0.3 is 0 Å². The number of aliphatic hydroxyl groups excluding tert-OH is 1. The van der Waals surface area contributed by atoms with Crippen molar-refractivity contribution in [3.05, 3.63) is 99.8 Å². The summed E-state index contributed by atoms with van der Waals surface area (Å²) in [7, 11) is 0. The molecule has 0 spiro atoms. The summed E-state index contributed by atoms with van der Waals surface area (Å²) in [5, 5.41) is 17.1. The van der Waals surface area contributed by atoms with Crippen LogP contribution in [0.2, 0.25) is 5.02 Å². The van der Waals surface area contributed by atoms with E-state index in [9.17, 15) is 23.9 Å². The van der Waals surface area contributed by atoms with Gasteiger partial charge in [-0.15, -0.1) is 11.8 Å². The molecule has 1 heterocycles. The highest BCUT2D eigenvalue weighted by atomic mass is 35.5. The van der Waals surface area contributed by atoms with Crippen molar-refractivity contribution in [2.24, 2.45) is 0 Å². The number of thioether (sulfide) groups is 1. The van der Waals surface area contributed by atoms with E-state index in [1.165, 1.54) is 40.9 Å². The minimum Gasteiger partial charge on any atom is -0.398 e. The normalized spacial score (nSPS) is 17.4. The van der Waals surface area contributed by atoms with Gasteiger partial charge in [-0.2, -0.15) is 0 Å². The molecule has 0 bridgehead atoms. The number of hydrogen-bond acceptors (Lipinski definition) is 6. The summed E-state index contributed by atoms with van der Waals surface area (Å²) in [5.74, 6) is -2.09. The summed E-state index contributed by atoms with van der Waals surface area (Å²) >= 11 is 7.66. The van der Waals surface area contributed by atoms with Crippen molar-refractivity contribution in [2.45, 2.75) is 56.7 Å². The van der Waals surface area contributed by atoms with Crippen molar-refractivity contribution in [1.29, 1.82) is 0 Å². The number of nitrogens with two attached hydrogens (primary N) is 1. The zero-order chi connectivity index (χ0) is 30.6. The lowest BCUT2D eigenvalue weighted by Gasteiger charge is -2.33. The van der Waals surface area contributed by atoms with Crippen LogP contribution in [0.15, 0.2) is 66.7 Å². The van der Waals surface area contributed by atoms with Gasteiger partial charge in [0.25, 0.3) is 11.8 Å². The number of halogens is 2. The van der Waals surface area contributed by atoms with Crippen LogP contribution in [0.25, 0.3) is 0 Å². The Morgan fingerprint density at radius 2 is 1.86 bits per heavy atom. The first-order chi connectivity index (χ1) is 19.9. The summed E-state index contributed by atoms with van der Waals surface area (Å²) in [6, 6.07) is 15.9. The zero-order valence-electron chi connectivity index (χ0n) is 23.6. The average Bonchev–Trinajstić information content (AvgIpc) is 3.27. The van der Waals surface area contributed by atoms with Crippen LogP contribution in [0.3, 0.4) is 0 Å². The molecule has 8 nitrogen and oxygen atoms in total. The van der Waals surface area contributed by atoms with Crippen molar-refractivity contribution in [2.75, 3.05) is 11.6 Å². The Hall–Kier alpha value is -3.60. The molecule has 0 unspecified atom stereocenters. The number of amides is 3. The van der Waals surface area contributed by atoms with Crippen molar-refractivity contribution < 1.29 is 23.9 Å². The lowest BCUT2D eigenvalue weighted by molar-refractivity contribution is -0.147. The lowest BCUT2D eigenvalue weighted by atomic mass is 9.96. The third kappa shape index (κ3) is 7.06. The molecule has 3 atom stereocenters. The molecule has 11 heteroatoms. The number of nitrogens with zero attached hydrogens (tertiary/aromatic N) is 1. The molecule has 1 fully saturated rings. The van der Waals surface area contributed by atoms with Gasteiger partial charge in [-0.05, 0) is 68.1 Å². The summed E-state index contributed by atoms with van der Waals surface area (Å²) in [4.78, 5) is 41.9. The Bertz CT molecular complexity index is 1490. The fourth-order valence-electron chi connectivity index (χ4n) is 4.97. The van der Waals surface area contributed by atoms with Crippen molar-refractivity contribution >= 4 is 46.8 Å². The number of rotatable bonds is 9. The van der Waals surface area contributed by atoms with Gasteiger partial charge in [0.1, 0.15) is 11.9 Å². The van der Waals surface area contributed by atoms with E-state index in [-0.39, 0.29) is 41.0 Å². The van der Waals surface area contributed by atoms with Crippen molar-refractivity contribution in [1.82, 2.24) is 15.5 Å². The Morgan fingerprint density at radius 1 is 1.14 bits per heavy atom. The quantitative estimate of drug-likeness (QED) is 0.270. The van der Waals surface area contributed by atoms with Gasteiger partial charge in [0.05, 0.1) is 28.2 Å². The lowest BCUT2D eigenvalue weighted by Crippen LogP contribution is -2.58. The van der Waals surface area contributed by atoms with Gasteiger partial charge in [0.2, 0.25) is 5.91 Å². The van der Waals surface area contributed by atoms with Crippen LogP contribution in [0.4, 0.5) is 10.1 Å². The van der Waals surface area contributed by atoms with E-state index in [0.717, 1.165) is 11.1 Å². The van der Waals surface area contributed by atoms with Gasteiger partial charge in [-0.1, -0.05) is 54.1 Å². The number of anilines is 1. The molecule has 4 rings (SSSR count). The Balaban J connectivity index is 1.58. The number of benzene rings is 3. The maximum atomic E-state index is 14.0. The molecule has 3 aromatic rings. The topological polar surface area (TPSA) is 125 Å². The summed E-state index contributed by atoms with van der Waals surface area (Å²) in [6.07, 6.45) is -1.82. The van der Waals surface area contributed by atoms with E-state index in [1.54, 1.807) is 18.2 Å². The number of hydrogen-bond donors (Lipinski definition) is 4. The molecule has 3 aromatic carbocycles. The van der Waals surface area contributed by atoms with Gasteiger partial charge in [0, 0.05) is 11.3 Å². The Labute approximate surface area is 253 Å². The van der Waals surface area contributed by atoms with Gasteiger partial charge in [-0.25, -0.2) is 4.39 Å². The maximum Gasteiger partial charge on any atom is 0.254 e. The Kier molecular flexibility index (Phi) is 9.81. The number of nitrogen functional groups attached to an aromatic ring is 1. The predicted molar refractivity (Wildman–Crippen MR) is 163 cm³/mol. The Morgan fingerprint density at radius 3 is 2.57 bits per heavy atom. The van der Waals surface area contributed by atoms with E-state index >= 15 is 0 Å². The first-order valence-corrected chi connectivity index (χ1v) is 14.8. The molecule has 1 aliphatic rings.